The summed E-state index contributed by atoms with van der Waals surface area (Å²) in [6.45, 7) is 5.25. The Hall–Kier alpha value is -3.55. The van der Waals surface area contributed by atoms with E-state index in [0.29, 0.717) is 0 Å². The van der Waals surface area contributed by atoms with Gasteiger partial charge in [0, 0.05) is 17.7 Å². The number of hydrazone groups is 1. The van der Waals surface area contributed by atoms with Crippen molar-refractivity contribution in [2.24, 2.45) is 5.10 Å². The minimum absolute atomic E-state index is 0.143. The molecule has 1 fully saturated rings. The van der Waals surface area contributed by atoms with Crippen LogP contribution in [0.4, 0.5) is 8.78 Å². The van der Waals surface area contributed by atoms with E-state index in [1.807, 2.05) is 24.4 Å². The molecular formula is C25H28F2N4O2. The summed E-state index contributed by atoms with van der Waals surface area (Å²) >= 11 is 0. The molecule has 0 aliphatic heterocycles. The van der Waals surface area contributed by atoms with Gasteiger partial charge in [-0.15, -0.1) is 0 Å². The summed E-state index contributed by atoms with van der Waals surface area (Å²) in [7, 11) is 0. The number of carbonyl (C=O) groups is 2. The van der Waals surface area contributed by atoms with Crippen LogP contribution in [0, 0.1) is 11.6 Å². The van der Waals surface area contributed by atoms with E-state index >= 15 is 0 Å². The molecule has 0 heterocycles. The SMILES string of the molecule is C=C(N/N=C/C1(c2ccccc2)CCCC1)NC(=O)[C@H](C)NC(=O)Cc1cc(F)cc(F)c1. The number of rotatable bonds is 9. The van der Waals surface area contributed by atoms with Gasteiger partial charge >= 0.3 is 0 Å². The molecule has 174 valence electrons. The van der Waals surface area contributed by atoms with E-state index < -0.39 is 29.5 Å². The molecule has 1 atom stereocenters. The summed E-state index contributed by atoms with van der Waals surface area (Å²) < 4.78 is 26.5. The largest absolute Gasteiger partial charge is 0.344 e. The lowest BCUT2D eigenvalue weighted by Crippen LogP contribution is -2.46. The molecule has 0 unspecified atom stereocenters. The predicted octanol–water partition coefficient (Wildman–Crippen LogP) is 3.69. The highest BCUT2D eigenvalue weighted by Gasteiger charge is 2.34. The van der Waals surface area contributed by atoms with Crippen LogP contribution in [0.5, 0.6) is 0 Å². The minimum atomic E-state index is -0.885. The fraction of sp³-hybridized carbons (Fsp3) is 0.320. The summed E-state index contributed by atoms with van der Waals surface area (Å²) in [4.78, 5) is 24.5. The van der Waals surface area contributed by atoms with Crippen molar-refractivity contribution in [2.45, 2.75) is 50.5 Å². The van der Waals surface area contributed by atoms with Gasteiger partial charge in [-0.3, -0.25) is 15.0 Å². The molecule has 0 bridgehead atoms. The number of benzene rings is 2. The Kier molecular flexibility index (Phi) is 7.92. The van der Waals surface area contributed by atoms with E-state index in [4.69, 9.17) is 0 Å². The van der Waals surface area contributed by atoms with E-state index in [1.165, 1.54) is 12.5 Å². The van der Waals surface area contributed by atoms with Crippen LogP contribution in [0.15, 0.2) is 66.0 Å². The molecule has 1 saturated carbocycles. The number of carbonyl (C=O) groups excluding carboxylic acids is 2. The molecule has 6 nitrogen and oxygen atoms in total. The number of nitrogens with one attached hydrogen (secondary N) is 3. The molecule has 1 aliphatic rings. The molecule has 2 aromatic carbocycles. The molecule has 1 aliphatic carbocycles. The number of hydrogen-bond donors (Lipinski definition) is 3. The fourth-order valence-electron chi connectivity index (χ4n) is 4.04. The average molecular weight is 455 g/mol. The van der Waals surface area contributed by atoms with E-state index in [-0.39, 0.29) is 23.2 Å². The average Bonchev–Trinajstić information content (AvgIpc) is 3.23. The van der Waals surface area contributed by atoms with Crippen molar-refractivity contribution in [2.75, 3.05) is 0 Å². The molecule has 8 heteroatoms. The van der Waals surface area contributed by atoms with E-state index in [9.17, 15) is 18.4 Å². The van der Waals surface area contributed by atoms with Gasteiger partial charge in [0.1, 0.15) is 23.5 Å². The highest BCUT2D eigenvalue weighted by Crippen LogP contribution is 2.39. The van der Waals surface area contributed by atoms with Crippen molar-refractivity contribution in [3.05, 3.63) is 83.7 Å². The third-order valence-corrected chi connectivity index (χ3v) is 5.69. The molecule has 0 spiro atoms. The number of amides is 2. The van der Waals surface area contributed by atoms with Crippen LogP contribution in [0.3, 0.4) is 0 Å². The van der Waals surface area contributed by atoms with Gasteiger partial charge in [0.25, 0.3) is 0 Å². The lowest BCUT2D eigenvalue weighted by atomic mass is 9.80. The molecule has 0 radical (unpaired) electrons. The van der Waals surface area contributed by atoms with Crippen molar-refractivity contribution in [3.63, 3.8) is 0 Å². The number of nitrogens with zero attached hydrogens (tertiary/aromatic N) is 1. The van der Waals surface area contributed by atoms with Gasteiger partial charge in [0.15, 0.2) is 0 Å². The van der Waals surface area contributed by atoms with Crippen LogP contribution in [-0.4, -0.2) is 24.1 Å². The van der Waals surface area contributed by atoms with E-state index in [0.717, 1.165) is 43.9 Å². The maximum atomic E-state index is 13.3. The highest BCUT2D eigenvalue weighted by molar-refractivity contribution is 5.88. The minimum Gasteiger partial charge on any atom is -0.344 e. The van der Waals surface area contributed by atoms with Gasteiger partial charge in [-0.1, -0.05) is 49.8 Å². The summed E-state index contributed by atoms with van der Waals surface area (Å²) in [6.07, 6.45) is 5.86. The monoisotopic (exact) mass is 454 g/mol. The van der Waals surface area contributed by atoms with Crippen LogP contribution >= 0.6 is 0 Å². The Morgan fingerprint density at radius 1 is 1.12 bits per heavy atom. The summed E-state index contributed by atoms with van der Waals surface area (Å²) in [5.41, 5.74) is 3.98. The zero-order valence-electron chi connectivity index (χ0n) is 18.5. The first-order valence-electron chi connectivity index (χ1n) is 10.9. The van der Waals surface area contributed by atoms with Crippen LogP contribution in [0.1, 0.15) is 43.7 Å². The first kappa shape index (κ1) is 24.1. The third-order valence-electron chi connectivity index (χ3n) is 5.69. The summed E-state index contributed by atoms with van der Waals surface area (Å²) in [6, 6.07) is 12.2. The first-order valence-corrected chi connectivity index (χ1v) is 10.9. The van der Waals surface area contributed by atoms with Crippen LogP contribution in [0.2, 0.25) is 0 Å². The first-order chi connectivity index (χ1) is 15.8. The molecule has 2 aromatic rings. The Morgan fingerprint density at radius 2 is 1.76 bits per heavy atom. The molecular weight excluding hydrogens is 426 g/mol. The van der Waals surface area contributed by atoms with Gasteiger partial charge in [-0.25, -0.2) is 8.78 Å². The Balaban J connectivity index is 1.49. The molecule has 0 aromatic heterocycles. The van der Waals surface area contributed by atoms with Crippen LogP contribution < -0.4 is 16.1 Å². The van der Waals surface area contributed by atoms with Gasteiger partial charge in [0.05, 0.1) is 6.42 Å². The van der Waals surface area contributed by atoms with Crippen LogP contribution in [-0.2, 0) is 21.4 Å². The quantitative estimate of drug-likeness (QED) is 0.399. The molecule has 3 N–H and O–H groups in total. The lowest BCUT2D eigenvalue weighted by molar-refractivity contribution is -0.127. The number of halogens is 2. The Bertz CT molecular complexity index is 1010. The predicted molar refractivity (Wildman–Crippen MR) is 123 cm³/mol. The van der Waals surface area contributed by atoms with E-state index in [1.54, 1.807) is 0 Å². The maximum Gasteiger partial charge on any atom is 0.247 e. The van der Waals surface area contributed by atoms with E-state index in [2.05, 4.69) is 39.9 Å². The van der Waals surface area contributed by atoms with Crippen LogP contribution in [0.25, 0.3) is 0 Å². The third kappa shape index (κ3) is 6.71. The maximum absolute atomic E-state index is 13.3. The normalized spacial score (nSPS) is 15.7. The van der Waals surface area contributed by atoms with Crippen molar-refractivity contribution < 1.29 is 18.4 Å². The lowest BCUT2D eigenvalue weighted by Gasteiger charge is -2.24. The second-order valence-corrected chi connectivity index (χ2v) is 8.31. The fourth-order valence-corrected chi connectivity index (χ4v) is 4.04. The smallest absolute Gasteiger partial charge is 0.247 e. The zero-order valence-corrected chi connectivity index (χ0v) is 18.5. The second-order valence-electron chi connectivity index (χ2n) is 8.31. The zero-order chi connectivity index (χ0) is 23.8. The number of hydrogen-bond acceptors (Lipinski definition) is 4. The van der Waals surface area contributed by atoms with Gasteiger partial charge in [-0.05, 0) is 43.0 Å². The van der Waals surface area contributed by atoms with Crippen molar-refractivity contribution in [1.29, 1.82) is 0 Å². The topological polar surface area (TPSA) is 82.6 Å². The van der Waals surface area contributed by atoms with Gasteiger partial charge < -0.3 is 10.6 Å². The molecule has 2 amide bonds. The standard InChI is InChI=1S/C25H28F2N4O2/c1-17(29-23(32)14-19-12-21(26)15-22(27)13-19)24(33)30-18(2)31-28-16-25(10-6-7-11-25)20-8-4-3-5-9-20/h3-5,8-9,12-13,15-17,31H,2,6-7,10-11,14H2,1H3,(H,29,32)(H,30,33)/b28-16+/t17-/m0/s1. The molecule has 3 rings (SSSR count). The summed E-state index contributed by atoms with van der Waals surface area (Å²) in [5, 5.41) is 9.35. The Labute approximate surface area is 192 Å². The van der Waals surface area contributed by atoms with Gasteiger partial charge in [-0.2, -0.15) is 5.10 Å². The van der Waals surface area contributed by atoms with Crippen molar-refractivity contribution in [1.82, 2.24) is 16.1 Å². The molecule has 33 heavy (non-hydrogen) atoms. The highest BCUT2D eigenvalue weighted by atomic mass is 19.1. The second kappa shape index (κ2) is 10.8. The van der Waals surface area contributed by atoms with Crippen molar-refractivity contribution in [3.8, 4) is 0 Å². The van der Waals surface area contributed by atoms with Crippen molar-refractivity contribution >= 4 is 18.0 Å². The summed E-state index contributed by atoms with van der Waals surface area (Å²) in [5.74, 6) is -2.40. The molecule has 0 saturated heterocycles. The Morgan fingerprint density at radius 3 is 2.39 bits per heavy atom. The van der Waals surface area contributed by atoms with Gasteiger partial charge in [0.2, 0.25) is 11.8 Å².